The van der Waals surface area contributed by atoms with Gasteiger partial charge in [0, 0.05) is 57.0 Å². The maximum absolute atomic E-state index is 12.8. The van der Waals surface area contributed by atoms with Crippen LogP contribution in [-0.2, 0) is 56.9 Å². The second-order valence-corrected chi connectivity index (χ2v) is 20.9. The van der Waals surface area contributed by atoms with E-state index in [0.717, 1.165) is 68.4 Å². The Kier molecular flexibility index (Phi) is 35.8. The first kappa shape index (κ1) is 62.3. The minimum atomic E-state index is -4.59. The monoisotopic (exact) mass is 1030 g/mol. The number of phosphoric acid groups is 1. The van der Waals surface area contributed by atoms with E-state index in [1.54, 1.807) is 4.68 Å². The van der Waals surface area contributed by atoms with E-state index in [9.17, 15) is 23.8 Å². The highest BCUT2D eigenvalue weighted by Gasteiger charge is 2.26. The molecule has 16 nitrogen and oxygen atoms in total. The summed E-state index contributed by atoms with van der Waals surface area (Å²) in [5.74, 6) is 0.371. The number of aryl methyl sites for hydroxylation is 3. The number of esters is 2. The summed E-state index contributed by atoms with van der Waals surface area (Å²) in [5, 5.41) is 18.5. The molecule has 0 saturated carbocycles. The number of aromatic amines is 1. The molecule has 2 aromatic heterocycles. The molecular formula is C55H94N7O9P. The van der Waals surface area contributed by atoms with E-state index in [2.05, 4.69) is 44.7 Å². The maximum atomic E-state index is 12.8. The van der Waals surface area contributed by atoms with E-state index in [1.165, 1.54) is 116 Å². The molecule has 0 radical (unpaired) electrons. The number of hydrogen-bond donors (Lipinski definition) is 3. The van der Waals surface area contributed by atoms with Crippen molar-refractivity contribution in [1.29, 1.82) is 0 Å². The number of benzene rings is 1. The molecule has 1 aromatic carbocycles. The molecule has 3 aromatic rings. The van der Waals surface area contributed by atoms with Crippen LogP contribution in [0, 0.1) is 0 Å². The fourth-order valence-electron chi connectivity index (χ4n) is 8.52. The average molecular weight is 1030 g/mol. The number of aromatic nitrogens is 6. The number of carbonyl (C=O) groups excluding carboxylic acids is 3. The standard InChI is InChI=1S/C55H94N7O9P/c1-3-5-7-9-11-13-15-17-19-21-23-25-32-38-53(64)68-46-50(71-54(65)39-33-26-24-22-20-18-16-14-12-10-8-6-4-2)47-70-72(66,67)69-44-42-56-52(63)37-31-28-34-43-62-45-49(58-61-62)40-41-51-57-55(60-59-51)48-35-29-27-30-36-48/h27,29-30,35-36,45,50H,3-26,28,31-34,37-44,46-47H2,1-2H3,(H,56,63)(H,66,67)(H,57,59,60). The van der Waals surface area contributed by atoms with Gasteiger partial charge in [-0.3, -0.25) is 33.2 Å². The normalized spacial score (nSPS) is 12.7. The van der Waals surface area contributed by atoms with Crippen LogP contribution < -0.4 is 5.32 Å². The van der Waals surface area contributed by atoms with Gasteiger partial charge in [0.05, 0.1) is 18.9 Å². The Hall–Kier alpha value is -3.98. The topological polar surface area (TPSA) is 210 Å². The number of unbranched alkanes of at least 4 members (excludes halogenated alkanes) is 26. The van der Waals surface area contributed by atoms with E-state index in [1.807, 2.05) is 36.5 Å². The number of hydrogen-bond acceptors (Lipinski definition) is 12. The first-order valence-electron chi connectivity index (χ1n) is 28.3. The van der Waals surface area contributed by atoms with Crippen LogP contribution in [0.2, 0.25) is 0 Å². The van der Waals surface area contributed by atoms with Gasteiger partial charge in [-0.05, 0) is 25.7 Å². The SMILES string of the molecule is CCCCCCCCCCCCCCCC(=O)OCC(COP(=O)(O)OCCNC(=O)CCCCCn1cc(CCc2nc(-c3ccccc3)n[nH]2)nn1)OC(=O)CCCCCCCCCCCCCCC. The number of carbonyl (C=O) groups is 3. The minimum Gasteiger partial charge on any atom is -0.462 e. The minimum absolute atomic E-state index is 0.00442. The van der Waals surface area contributed by atoms with Gasteiger partial charge in [-0.2, -0.15) is 5.10 Å². The number of ether oxygens (including phenoxy) is 2. The van der Waals surface area contributed by atoms with Crippen LogP contribution in [0.25, 0.3) is 11.4 Å². The number of rotatable bonds is 48. The first-order chi connectivity index (χ1) is 35.2. The van der Waals surface area contributed by atoms with Gasteiger partial charge in [0.15, 0.2) is 11.9 Å². The van der Waals surface area contributed by atoms with Crippen LogP contribution in [0.5, 0.6) is 0 Å². The third-order valence-electron chi connectivity index (χ3n) is 12.9. The van der Waals surface area contributed by atoms with Crippen molar-refractivity contribution in [1.82, 2.24) is 35.5 Å². The van der Waals surface area contributed by atoms with Crippen molar-refractivity contribution in [2.24, 2.45) is 0 Å². The van der Waals surface area contributed by atoms with Crippen LogP contribution in [0.4, 0.5) is 0 Å². The predicted molar refractivity (Wildman–Crippen MR) is 284 cm³/mol. The summed E-state index contributed by atoms with van der Waals surface area (Å²) in [7, 11) is -4.59. The molecule has 0 bridgehead atoms. The lowest BCUT2D eigenvalue weighted by molar-refractivity contribution is -0.161. The zero-order valence-corrected chi connectivity index (χ0v) is 45.4. The molecule has 3 N–H and O–H groups in total. The Morgan fingerprint density at radius 3 is 1.76 bits per heavy atom. The van der Waals surface area contributed by atoms with Crippen molar-refractivity contribution in [2.75, 3.05) is 26.4 Å². The van der Waals surface area contributed by atoms with Gasteiger partial charge in [0.2, 0.25) is 5.91 Å². The van der Waals surface area contributed by atoms with E-state index >= 15 is 0 Å². The van der Waals surface area contributed by atoms with Gasteiger partial charge in [-0.1, -0.05) is 210 Å². The molecule has 2 heterocycles. The molecule has 72 heavy (non-hydrogen) atoms. The molecule has 408 valence electrons. The summed E-state index contributed by atoms with van der Waals surface area (Å²) in [6.07, 6.45) is 36.3. The second-order valence-electron chi connectivity index (χ2n) is 19.5. The molecule has 0 aliphatic carbocycles. The molecule has 0 aliphatic rings. The summed E-state index contributed by atoms with van der Waals surface area (Å²) in [6.45, 7) is 4.11. The second kappa shape index (κ2) is 41.4. The van der Waals surface area contributed by atoms with Crippen LogP contribution in [0.1, 0.15) is 231 Å². The fourth-order valence-corrected chi connectivity index (χ4v) is 9.27. The lowest BCUT2D eigenvalue weighted by atomic mass is 10.0. The Bertz CT molecular complexity index is 1860. The van der Waals surface area contributed by atoms with Crippen molar-refractivity contribution >= 4 is 25.7 Å². The molecule has 1 amide bonds. The van der Waals surface area contributed by atoms with Crippen LogP contribution in [0.15, 0.2) is 36.5 Å². The molecule has 2 atom stereocenters. The van der Waals surface area contributed by atoms with Gasteiger partial charge in [0.25, 0.3) is 0 Å². The van der Waals surface area contributed by atoms with Gasteiger partial charge in [-0.15, -0.1) is 5.10 Å². The number of nitrogens with one attached hydrogen (secondary N) is 2. The van der Waals surface area contributed by atoms with Crippen molar-refractivity contribution in [3.63, 3.8) is 0 Å². The average Bonchev–Trinajstić information content (AvgIpc) is 4.06. The van der Waals surface area contributed by atoms with Crippen LogP contribution in [-0.4, -0.2) is 85.4 Å². The molecule has 0 spiro atoms. The zero-order chi connectivity index (χ0) is 51.6. The smallest absolute Gasteiger partial charge is 0.462 e. The van der Waals surface area contributed by atoms with Gasteiger partial charge in [-0.25, -0.2) is 9.55 Å². The largest absolute Gasteiger partial charge is 0.472 e. The van der Waals surface area contributed by atoms with Crippen molar-refractivity contribution in [3.05, 3.63) is 48.0 Å². The Labute approximate surface area is 432 Å². The Morgan fingerprint density at radius 1 is 0.653 bits per heavy atom. The highest BCUT2D eigenvalue weighted by atomic mass is 31.2. The molecule has 0 saturated heterocycles. The summed E-state index contributed by atoms with van der Waals surface area (Å²) >= 11 is 0. The first-order valence-corrected chi connectivity index (χ1v) is 29.8. The Balaban J connectivity index is 1.27. The van der Waals surface area contributed by atoms with E-state index in [-0.39, 0.29) is 38.5 Å². The lowest BCUT2D eigenvalue weighted by Gasteiger charge is -2.20. The van der Waals surface area contributed by atoms with Gasteiger partial charge < -0.3 is 19.7 Å². The van der Waals surface area contributed by atoms with E-state index in [0.29, 0.717) is 50.9 Å². The number of H-pyrrole nitrogens is 1. The summed E-state index contributed by atoms with van der Waals surface area (Å²) < 4.78 is 36.0. The summed E-state index contributed by atoms with van der Waals surface area (Å²) in [6, 6.07) is 9.81. The molecule has 17 heteroatoms. The molecule has 3 rings (SSSR count). The van der Waals surface area contributed by atoms with Crippen molar-refractivity contribution in [3.8, 4) is 11.4 Å². The van der Waals surface area contributed by atoms with E-state index < -0.39 is 32.5 Å². The molecule has 0 fully saturated rings. The third-order valence-corrected chi connectivity index (χ3v) is 13.8. The number of nitrogens with zero attached hydrogens (tertiary/aromatic N) is 5. The summed E-state index contributed by atoms with van der Waals surface area (Å²) in [5.41, 5.74) is 1.82. The highest BCUT2D eigenvalue weighted by molar-refractivity contribution is 7.47. The molecule has 2 unspecified atom stereocenters. The van der Waals surface area contributed by atoms with Crippen molar-refractivity contribution < 1.29 is 42.4 Å². The third kappa shape index (κ3) is 33.0. The predicted octanol–water partition coefficient (Wildman–Crippen LogP) is 13.1. The lowest BCUT2D eigenvalue weighted by Crippen LogP contribution is -2.30. The van der Waals surface area contributed by atoms with E-state index in [4.69, 9.17) is 18.5 Å². The number of phosphoric ester groups is 1. The van der Waals surface area contributed by atoms with Crippen LogP contribution >= 0.6 is 7.82 Å². The van der Waals surface area contributed by atoms with Crippen molar-refractivity contribution in [2.45, 2.75) is 245 Å². The number of amides is 1. The molecular weight excluding hydrogens is 934 g/mol. The van der Waals surface area contributed by atoms with Crippen LogP contribution in [0.3, 0.4) is 0 Å². The maximum Gasteiger partial charge on any atom is 0.472 e. The zero-order valence-electron chi connectivity index (χ0n) is 44.5. The summed E-state index contributed by atoms with van der Waals surface area (Å²) in [4.78, 5) is 52.9. The highest BCUT2D eigenvalue weighted by Crippen LogP contribution is 2.43. The fraction of sp³-hybridized carbons (Fsp3) is 0.764. The van der Waals surface area contributed by atoms with Gasteiger partial charge in [0.1, 0.15) is 12.4 Å². The quantitative estimate of drug-likeness (QED) is 0.0273. The molecule has 0 aliphatic heterocycles. The van der Waals surface area contributed by atoms with Gasteiger partial charge >= 0.3 is 19.8 Å². The Morgan fingerprint density at radius 2 is 1.18 bits per heavy atom.